The fourth-order valence-corrected chi connectivity index (χ4v) is 3.14. The molecule has 4 nitrogen and oxygen atoms in total. The summed E-state index contributed by atoms with van der Waals surface area (Å²) < 4.78 is 13.2. The highest BCUT2D eigenvalue weighted by Gasteiger charge is 2.26. The van der Waals surface area contributed by atoms with Crippen LogP contribution in [0.5, 0.6) is 0 Å². The van der Waals surface area contributed by atoms with Crippen LogP contribution in [0.15, 0.2) is 53.9 Å². The zero-order valence-electron chi connectivity index (χ0n) is 12.2. The van der Waals surface area contributed by atoms with Gasteiger partial charge in [-0.25, -0.2) is 4.39 Å². The van der Waals surface area contributed by atoms with Crippen LogP contribution in [0.4, 0.5) is 4.39 Å². The number of halogens is 1. The van der Waals surface area contributed by atoms with Crippen molar-refractivity contribution in [3.63, 3.8) is 0 Å². The van der Waals surface area contributed by atoms with E-state index < -0.39 is 0 Å². The Morgan fingerprint density at radius 1 is 1.30 bits per heavy atom. The highest BCUT2D eigenvalue weighted by Crippen LogP contribution is 2.25. The van der Waals surface area contributed by atoms with Crippen molar-refractivity contribution in [1.82, 2.24) is 10.6 Å². The number of thiophene rings is 1. The molecule has 0 saturated heterocycles. The molecule has 0 spiro atoms. The molecule has 23 heavy (non-hydrogen) atoms. The monoisotopic (exact) mass is 330 g/mol. The van der Waals surface area contributed by atoms with Gasteiger partial charge in [0.05, 0.1) is 10.9 Å². The molecule has 3 rings (SSSR count). The summed E-state index contributed by atoms with van der Waals surface area (Å²) in [6.07, 6.45) is 3.24. The van der Waals surface area contributed by atoms with Crippen LogP contribution in [0.3, 0.4) is 0 Å². The molecule has 2 N–H and O–H groups in total. The van der Waals surface area contributed by atoms with Crippen LogP contribution in [-0.2, 0) is 4.79 Å². The average molecular weight is 330 g/mol. The van der Waals surface area contributed by atoms with Crippen molar-refractivity contribution < 1.29 is 14.0 Å². The summed E-state index contributed by atoms with van der Waals surface area (Å²) >= 11 is 1.36. The Morgan fingerprint density at radius 2 is 2.09 bits per heavy atom. The molecule has 1 aromatic heterocycles. The lowest BCUT2D eigenvalue weighted by molar-refractivity contribution is -0.117. The van der Waals surface area contributed by atoms with Gasteiger partial charge in [-0.05, 0) is 35.2 Å². The molecule has 2 atom stereocenters. The van der Waals surface area contributed by atoms with Crippen LogP contribution in [0, 0.1) is 11.7 Å². The largest absolute Gasteiger partial charge is 0.352 e. The third-order valence-electron chi connectivity index (χ3n) is 3.70. The first-order valence-electron chi connectivity index (χ1n) is 7.19. The Morgan fingerprint density at radius 3 is 2.70 bits per heavy atom. The SMILES string of the molecule is O=C1C=C[C@H]([C@@H](NC(=O)c2cccs2)c2ccc(F)cc2)CN1. The zero-order chi connectivity index (χ0) is 16.2. The summed E-state index contributed by atoms with van der Waals surface area (Å²) in [4.78, 5) is 24.3. The molecule has 6 heteroatoms. The van der Waals surface area contributed by atoms with Crippen molar-refractivity contribution in [2.45, 2.75) is 6.04 Å². The van der Waals surface area contributed by atoms with E-state index in [1.165, 1.54) is 29.5 Å². The molecule has 118 valence electrons. The minimum atomic E-state index is -0.345. The standard InChI is InChI=1S/C17H15FN2O2S/c18-13-6-3-11(4-7-13)16(12-5-8-15(21)19-10-12)20-17(22)14-2-1-9-23-14/h1-9,12,16H,10H2,(H,19,21)(H,20,22)/t12-,16-/m0/s1. The third-order valence-corrected chi connectivity index (χ3v) is 4.56. The van der Waals surface area contributed by atoms with Gasteiger partial charge in [-0.15, -0.1) is 11.3 Å². The molecule has 0 unspecified atom stereocenters. The van der Waals surface area contributed by atoms with Gasteiger partial charge in [0, 0.05) is 12.5 Å². The molecule has 0 fully saturated rings. The molecule has 0 bridgehead atoms. The van der Waals surface area contributed by atoms with Crippen LogP contribution in [0.25, 0.3) is 0 Å². The summed E-state index contributed by atoms with van der Waals surface area (Å²) in [5.74, 6) is -0.755. The molecule has 0 radical (unpaired) electrons. The lowest BCUT2D eigenvalue weighted by Crippen LogP contribution is -2.40. The van der Waals surface area contributed by atoms with Crippen LogP contribution in [0.1, 0.15) is 21.3 Å². The van der Waals surface area contributed by atoms with E-state index in [0.717, 1.165) is 5.56 Å². The summed E-state index contributed by atoms with van der Waals surface area (Å²) in [6, 6.07) is 9.25. The first-order chi connectivity index (χ1) is 11.1. The van der Waals surface area contributed by atoms with Crippen molar-refractivity contribution in [1.29, 1.82) is 0 Å². The van der Waals surface area contributed by atoms with E-state index in [9.17, 15) is 14.0 Å². The van der Waals surface area contributed by atoms with Gasteiger partial charge in [-0.3, -0.25) is 9.59 Å². The topological polar surface area (TPSA) is 58.2 Å². The minimum Gasteiger partial charge on any atom is -0.352 e. The van der Waals surface area contributed by atoms with Crippen LogP contribution in [-0.4, -0.2) is 18.4 Å². The highest BCUT2D eigenvalue weighted by atomic mass is 32.1. The molecular formula is C17H15FN2O2S. The van der Waals surface area contributed by atoms with Gasteiger partial charge in [-0.2, -0.15) is 0 Å². The van der Waals surface area contributed by atoms with Gasteiger partial charge >= 0.3 is 0 Å². The van der Waals surface area contributed by atoms with Gasteiger partial charge in [0.2, 0.25) is 5.91 Å². The minimum absolute atomic E-state index is 0.0953. The van der Waals surface area contributed by atoms with Gasteiger partial charge < -0.3 is 10.6 Å². The molecule has 2 heterocycles. The smallest absolute Gasteiger partial charge is 0.261 e. The Hall–Kier alpha value is -2.47. The molecule has 1 aliphatic rings. The fourth-order valence-electron chi connectivity index (χ4n) is 2.51. The summed E-state index contributed by atoms with van der Waals surface area (Å²) in [7, 11) is 0. The summed E-state index contributed by atoms with van der Waals surface area (Å²) in [5, 5.41) is 7.58. The first-order valence-corrected chi connectivity index (χ1v) is 8.07. The third kappa shape index (κ3) is 3.65. The maximum Gasteiger partial charge on any atom is 0.261 e. The Labute approximate surface area is 137 Å². The van der Waals surface area contributed by atoms with Crippen molar-refractivity contribution in [2.24, 2.45) is 5.92 Å². The van der Waals surface area contributed by atoms with Crippen molar-refractivity contribution >= 4 is 23.2 Å². The quantitative estimate of drug-likeness (QED) is 0.905. The predicted molar refractivity (Wildman–Crippen MR) is 86.6 cm³/mol. The summed E-state index contributed by atoms with van der Waals surface area (Å²) in [6.45, 7) is 0.419. The number of hydrogen-bond donors (Lipinski definition) is 2. The maximum absolute atomic E-state index is 13.2. The molecule has 0 aliphatic carbocycles. The highest BCUT2D eigenvalue weighted by molar-refractivity contribution is 7.12. The maximum atomic E-state index is 13.2. The van der Waals surface area contributed by atoms with Gasteiger partial charge in [0.1, 0.15) is 5.82 Å². The second kappa shape index (κ2) is 6.75. The molecular weight excluding hydrogens is 315 g/mol. The molecule has 2 aromatic rings. The van der Waals surface area contributed by atoms with E-state index in [4.69, 9.17) is 0 Å². The Bertz CT molecular complexity index is 726. The second-order valence-corrected chi connectivity index (χ2v) is 6.20. The van der Waals surface area contributed by atoms with E-state index in [0.29, 0.717) is 11.4 Å². The van der Waals surface area contributed by atoms with Crippen LogP contribution < -0.4 is 10.6 Å². The lowest BCUT2D eigenvalue weighted by atomic mass is 9.90. The number of rotatable bonds is 4. The molecule has 1 aliphatic heterocycles. The number of carbonyl (C=O) groups is 2. The first kappa shape index (κ1) is 15.4. The molecule has 2 amide bonds. The van der Waals surface area contributed by atoms with Crippen molar-refractivity contribution in [3.05, 3.63) is 70.2 Å². The number of carbonyl (C=O) groups excluding carboxylic acids is 2. The zero-order valence-corrected chi connectivity index (χ0v) is 13.0. The van der Waals surface area contributed by atoms with Crippen LogP contribution >= 0.6 is 11.3 Å². The fraction of sp³-hybridized carbons (Fsp3) is 0.176. The molecule has 1 aromatic carbocycles. The number of hydrogen-bond acceptors (Lipinski definition) is 3. The van der Waals surface area contributed by atoms with Gasteiger partial charge in [-0.1, -0.05) is 24.3 Å². The van der Waals surface area contributed by atoms with Crippen LogP contribution in [0.2, 0.25) is 0 Å². The van der Waals surface area contributed by atoms with Gasteiger partial charge in [0.15, 0.2) is 0 Å². The lowest BCUT2D eigenvalue weighted by Gasteiger charge is -2.28. The molecule has 0 saturated carbocycles. The van der Waals surface area contributed by atoms with E-state index >= 15 is 0 Å². The number of amides is 2. The van der Waals surface area contributed by atoms with E-state index in [1.807, 2.05) is 11.4 Å². The number of nitrogens with one attached hydrogen (secondary N) is 2. The summed E-state index contributed by atoms with van der Waals surface area (Å²) in [5.41, 5.74) is 0.794. The number of benzene rings is 1. The second-order valence-electron chi connectivity index (χ2n) is 5.25. The predicted octanol–water partition coefficient (Wildman–Crippen LogP) is 2.66. The van der Waals surface area contributed by atoms with E-state index in [-0.39, 0.29) is 29.6 Å². The Kier molecular flexibility index (Phi) is 4.52. The van der Waals surface area contributed by atoms with E-state index in [1.54, 1.807) is 24.3 Å². The average Bonchev–Trinajstić information content (AvgIpc) is 3.09. The van der Waals surface area contributed by atoms with Crippen molar-refractivity contribution in [2.75, 3.05) is 6.54 Å². The van der Waals surface area contributed by atoms with E-state index in [2.05, 4.69) is 10.6 Å². The normalized spacial score (nSPS) is 18.3. The Balaban J connectivity index is 1.86. The van der Waals surface area contributed by atoms with Crippen molar-refractivity contribution in [3.8, 4) is 0 Å². The van der Waals surface area contributed by atoms with Gasteiger partial charge in [0.25, 0.3) is 5.91 Å².